The van der Waals surface area contributed by atoms with E-state index in [1.165, 1.54) is 7.11 Å². The molecule has 136 valence electrons. The van der Waals surface area contributed by atoms with Gasteiger partial charge >= 0.3 is 5.97 Å². The minimum atomic E-state index is -1.19. The van der Waals surface area contributed by atoms with E-state index in [1.807, 2.05) is 0 Å². The van der Waals surface area contributed by atoms with Crippen LogP contribution in [0, 0.1) is 0 Å². The summed E-state index contributed by atoms with van der Waals surface area (Å²) in [5, 5.41) is 9.74. The molecule has 0 radical (unpaired) electrons. The van der Waals surface area contributed by atoms with Crippen molar-refractivity contribution in [2.45, 2.75) is 38.2 Å². The molecule has 0 aliphatic heterocycles. The molecule has 0 fully saturated rings. The fourth-order valence-electron chi connectivity index (χ4n) is 1.85. The first-order valence-corrected chi connectivity index (χ1v) is 12.9. The van der Waals surface area contributed by atoms with Crippen LogP contribution < -0.4 is 4.74 Å². The van der Waals surface area contributed by atoms with Gasteiger partial charge in [0.25, 0.3) is 0 Å². The Balaban J connectivity index is 2.60. The first-order valence-electron chi connectivity index (χ1n) is 7.58. The van der Waals surface area contributed by atoms with Crippen molar-refractivity contribution >= 4 is 45.9 Å². The lowest BCUT2D eigenvalue weighted by Crippen LogP contribution is -2.24. The van der Waals surface area contributed by atoms with Gasteiger partial charge in [-0.25, -0.2) is 4.79 Å². The summed E-state index contributed by atoms with van der Waals surface area (Å²) in [6.07, 6.45) is -1.03. The zero-order chi connectivity index (χ0) is 18.3. The number of benzene rings is 1. The third kappa shape index (κ3) is 7.65. The Hall–Kier alpha value is -0.413. The maximum Gasteiger partial charge on any atom is 0.335 e. The quantitative estimate of drug-likeness (QED) is 0.249. The third-order valence-corrected chi connectivity index (χ3v) is 6.13. The molecule has 0 heterocycles. The molecule has 0 saturated heterocycles. The van der Waals surface area contributed by atoms with Crippen molar-refractivity contribution in [1.82, 2.24) is 0 Å². The molecule has 0 aromatic heterocycles. The van der Waals surface area contributed by atoms with Gasteiger partial charge in [-0.15, -0.1) is 0 Å². The van der Waals surface area contributed by atoms with Crippen LogP contribution in [0.3, 0.4) is 0 Å². The van der Waals surface area contributed by atoms with Crippen LogP contribution >= 0.6 is 31.9 Å². The zero-order valence-corrected chi connectivity index (χ0v) is 18.6. The third-order valence-electron chi connectivity index (χ3n) is 3.24. The normalized spacial score (nSPS) is 12.8. The second-order valence-corrected chi connectivity index (χ2v) is 13.9. The number of aliphatic hydroxyl groups excluding tert-OH is 1. The standard InChI is InChI=1S/C16H24Br2O5Si/c1-21-16(20)14(19)9-11-7-12(17)15(13(18)8-11)23-10-22-5-6-24(2,3)4/h7-8,14,19H,5-6,9-10H2,1-4H3/t14-/m0/s1. The fraction of sp³-hybridized carbons (Fsp3) is 0.562. The molecule has 8 heteroatoms. The number of esters is 1. The largest absolute Gasteiger partial charge is 0.467 e. The second-order valence-electron chi connectivity index (χ2n) is 6.61. The Bertz CT molecular complexity index is 537. The molecule has 1 aromatic carbocycles. The number of carbonyl (C=O) groups excluding carboxylic acids is 1. The van der Waals surface area contributed by atoms with Crippen LogP contribution in [0.5, 0.6) is 5.75 Å². The summed E-state index contributed by atoms with van der Waals surface area (Å²) < 4.78 is 17.1. The number of methoxy groups -OCH3 is 1. The van der Waals surface area contributed by atoms with Gasteiger partial charge in [0.2, 0.25) is 0 Å². The topological polar surface area (TPSA) is 65.0 Å². The van der Waals surface area contributed by atoms with Crippen molar-refractivity contribution in [3.63, 3.8) is 0 Å². The lowest BCUT2D eigenvalue weighted by Gasteiger charge is -2.16. The van der Waals surface area contributed by atoms with Gasteiger partial charge in [0.05, 0.1) is 16.1 Å². The van der Waals surface area contributed by atoms with E-state index in [4.69, 9.17) is 9.47 Å². The van der Waals surface area contributed by atoms with Crippen LogP contribution in [0.15, 0.2) is 21.1 Å². The van der Waals surface area contributed by atoms with Crippen LogP contribution in [-0.2, 0) is 20.7 Å². The Labute approximate surface area is 160 Å². The Morgan fingerprint density at radius 1 is 1.25 bits per heavy atom. The molecular formula is C16H24Br2O5Si. The predicted molar refractivity (Wildman–Crippen MR) is 103 cm³/mol. The van der Waals surface area contributed by atoms with Gasteiger partial charge in [0.1, 0.15) is 0 Å². The smallest absolute Gasteiger partial charge is 0.335 e. The Kier molecular flexibility index (Phi) is 8.93. The molecule has 0 aliphatic carbocycles. The maximum atomic E-state index is 11.3. The number of aliphatic hydroxyl groups is 1. The number of carbonyl (C=O) groups is 1. The van der Waals surface area contributed by atoms with Gasteiger partial charge < -0.3 is 19.3 Å². The highest BCUT2D eigenvalue weighted by molar-refractivity contribution is 9.11. The van der Waals surface area contributed by atoms with Gasteiger partial charge in [-0.3, -0.25) is 0 Å². The molecule has 0 amide bonds. The number of hydrogen-bond donors (Lipinski definition) is 1. The molecule has 1 rings (SSSR count). The molecular weight excluding hydrogens is 460 g/mol. The molecule has 0 aliphatic rings. The molecule has 0 bridgehead atoms. The van der Waals surface area contributed by atoms with E-state index in [1.54, 1.807) is 12.1 Å². The lowest BCUT2D eigenvalue weighted by molar-refractivity contribution is -0.150. The van der Waals surface area contributed by atoms with E-state index >= 15 is 0 Å². The van der Waals surface area contributed by atoms with Crippen LogP contribution in [0.4, 0.5) is 0 Å². The summed E-state index contributed by atoms with van der Waals surface area (Å²) in [5.41, 5.74) is 0.777. The summed E-state index contributed by atoms with van der Waals surface area (Å²) in [7, 11) is 0.142. The van der Waals surface area contributed by atoms with Gasteiger partial charge in [0, 0.05) is 21.1 Å². The average molecular weight is 484 g/mol. The van der Waals surface area contributed by atoms with E-state index in [0.717, 1.165) is 20.6 Å². The lowest BCUT2D eigenvalue weighted by atomic mass is 10.1. The number of ether oxygens (including phenoxy) is 3. The summed E-state index contributed by atoms with van der Waals surface area (Å²) in [5.74, 6) is -0.0299. The first-order chi connectivity index (χ1) is 11.1. The summed E-state index contributed by atoms with van der Waals surface area (Å²) >= 11 is 6.88. The van der Waals surface area contributed by atoms with Gasteiger partial charge in [-0.05, 0) is 55.6 Å². The molecule has 0 unspecified atom stereocenters. The van der Waals surface area contributed by atoms with Crippen LogP contribution in [0.25, 0.3) is 0 Å². The molecule has 5 nitrogen and oxygen atoms in total. The Morgan fingerprint density at radius 2 is 1.83 bits per heavy atom. The van der Waals surface area contributed by atoms with Gasteiger partial charge in [-0.1, -0.05) is 19.6 Å². The maximum absolute atomic E-state index is 11.3. The number of hydrogen-bond acceptors (Lipinski definition) is 5. The second kappa shape index (κ2) is 9.91. The van der Waals surface area contributed by atoms with Crippen molar-refractivity contribution in [2.24, 2.45) is 0 Å². The van der Waals surface area contributed by atoms with Crippen LogP contribution in [-0.4, -0.2) is 45.8 Å². The van der Waals surface area contributed by atoms with E-state index in [9.17, 15) is 9.90 Å². The molecule has 1 atom stereocenters. The Morgan fingerprint density at radius 3 is 2.33 bits per heavy atom. The highest BCUT2D eigenvalue weighted by atomic mass is 79.9. The molecule has 0 spiro atoms. The monoisotopic (exact) mass is 482 g/mol. The highest BCUT2D eigenvalue weighted by Gasteiger charge is 2.18. The first kappa shape index (κ1) is 21.6. The molecule has 24 heavy (non-hydrogen) atoms. The van der Waals surface area contributed by atoms with Crippen LogP contribution in [0.1, 0.15) is 5.56 Å². The number of halogens is 2. The summed E-state index contributed by atoms with van der Waals surface area (Å²) in [6.45, 7) is 7.75. The minimum absolute atomic E-state index is 0.164. The van der Waals surface area contributed by atoms with E-state index in [0.29, 0.717) is 12.4 Å². The summed E-state index contributed by atoms with van der Waals surface area (Å²) in [6, 6.07) is 4.69. The van der Waals surface area contributed by atoms with Crippen molar-refractivity contribution in [3.05, 3.63) is 26.6 Å². The number of rotatable bonds is 9. The SMILES string of the molecule is COC(=O)[C@@H](O)Cc1cc(Br)c(OCOCC[Si](C)(C)C)c(Br)c1. The van der Waals surface area contributed by atoms with Crippen molar-refractivity contribution < 1.29 is 24.1 Å². The van der Waals surface area contributed by atoms with Crippen molar-refractivity contribution in [3.8, 4) is 5.75 Å². The summed E-state index contributed by atoms with van der Waals surface area (Å²) in [4.78, 5) is 11.3. The van der Waals surface area contributed by atoms with Crippen LogP contribution in [0.2, 0.25) is 25.7 Å². The zero-order valence-electron chi connectivity index (χ0n) is 14.4. The molecule has 0 saturated carbocycles. The van der Waals surface area contributed by atoms with Crippen molar-refractivity contribution in [1.29, 1.82) is 0 Å². The fourth-order valence-corrected chi connectivity index (χ4v) is 4.12. The minimum Gasteiger partial charge on any atom is -0.467 e. The molecule has 1 aromatic rings. The average Bonchev–Trinajstić information content (AvgIpc) is 2.47. The van der Waals surface area contributed by atoms with Gasteiger partial charge in [-0.2, -0.15) is 0 Å². The van der Waals surface area contributed by atoms with E-state index in [2.05, 4.69) is 56.2 Å². The highest BCUT2D eigenvalue weighted by Crippen LogP contribution is 2.35. The predicted octanol–water partition coefficient (Wildman–Crippen LogP) is 3.98. The van der Waals surface area contributed by atoms with Crippen molar-refractivity contribution in [2.75, 3.05) is 20.5 Å². The van der Waals surface area contributed by atoms with E-state index in [-0.39, 0.29) is 13.2 Å². The molecule has 1 N–H and O–H groups in total. The van der Waals surface area contributed by atoms with Gasteiger partial charge in [0.15, 0.2) is 18.6 Å². The van der Waals surface area contributed by atoms with E-state index < -0.39 is 20.1 Å².